The van der Waals surface area contributed by atoms with Gasteiger partial charge in [0, 0.05) is 19.4 Å². The maximum atomic E-state index is 12.5. The molecule has 0 aliphatic carbocycles. The van der Waals surface area contributed by atoms with Crippen LogP contribution in [0.5, 0.6) is 0 Å². The molecule has 0 fully saturated rings. The van der Waals surface area contributed by atoms with Gasteiger partial charge in [-0.3, -0.25) is 18.6 Å². The average Bonchev–Trinajstić information content (AvgIpc) is 3.08. The zero-order chi connectivity index (χ0) is 36.1. The predicted octanol–water partition coefficient (Wildman–Crippen LogP) is 11.1. The van der Waals surface area contributed by atoms with Crippen LogP contribution in [0.3, 0.4) is 0 Å². The molecule has 0 bridgehead atoms. The number of hydrogen-bond acceptors (Lipinski definition) is 8. The van der Waals surface area contributed by atoms with Crippen LogP contribution in [0.1, 0.15) is 194 Å². The van der Waals surface area contributed by atoms with Crippen molar-refractivity contribution in [1.82, 2.24) is 0 Å². The first kappa shape index (κ1) is 47.8. The summed E-state index contributed by atoms with van der Waals surface area (Å²) in [4.78, 5) is 34.7. The highest BCUT2D eigenvalue weighted by Gasteiger charge is 2.26. The number of allylic oxidation sites excluding steroid dienone is 2. The molecule has 0 aromatic rings. The Balaban J connectivity index is 4.17. The van der Waals surface area contributed by atoms with Gasteiger partial charge in [-0.15, -0.1) is 0 Å². The molecule has 10 heteroatoms. The fourth-order valence-corrected chi connectivity index (χ4v) is 6.39. The second-order valence-electron chi connectivity index (χ2n) is 13.5. The van der Waals surface area contributed by atoms with Crippen molar-refractivity contribution >= 4 is 19.8 Å². The fraction of sp³-hybridized carbons (Fsp3) is 0.897. The molecule has 0 aromatic carbocycles. The van der Waals surface area contributed by atoms with Crippen molar-refractivity contribution in [3.63, 3.8) is 0 Å². The third-order valence-corrected chi connectivity index (χ3v) is 9.64. The Morgan fingerprint density at radius 1 is 0.592 bits per heavy atom. The first-order valence-corrected chi connectivity index (χ1v) is 21.7. The second kappa shape index (κ2) is 36.5. The molecule has 0 aliphatic heterocycles. The van der Waals surface area contributed by atoms with E-state index >= 15 is 0 Å². The number of ether oxygens (including phenoxy) is 2. The van der Waals surface area contributed by atoms with Crippen molar-refractivity contribution in [2.24, 2.45) is 5.73 Å². The summed E-state index contributed by atoms with van der Waals surface area (Å²) < 4.78 is 32.7. The molecule has 0 aliphatic rings. The van der Waals surface area contributed by atoms with Gasteiger partial charge >= 0.3 is 19.8 Å². The van der Waals surface area contributed by atoms with Crippen LogP contribution in [0.4, 0.5) is 0 Å². The molecule has 0 radical (unpaired) electrons. The molecule has 9 nitrogen and oxygen atoms in total. The Bertz CT molecular complexity index is 825. The van der Waals surface area contributed by atoms with Crippen LogP contribution >= 0.6 is 7.82 Å². The van der Waals surface area contributed by atoms with Gasteiger partial charge in [0.15, 0.2) is 6.10 Å². The lowest BCUT2D eigenvalue weighted by Gasteiger charge is -2.19. The zero-order valence-electron chi connectivity index (χ0n) is 31.7. The summed E-state index contributed by atoms with van der Waals surface area (Å²) in [6, 6.07) is 0. The number of esters is 2. The summed E-state index contributed by atoms with van der Waals surface area (Å²) in [5.74, 6) is -0.826. The number of unbranched alkanes of at least 4 members (excludes halogenated alkanes) is 23. The van der Waals surface area contributed by atoms with E-state index in [-0.39, 0.29) is 38.6 Å². The number of nitrogens with two attached hydrogens (primary N) is 1. The molecule has 0 amide bonds. The maximum Gasteiger partial charge on any atom is 0.472 e. The number of phosphoric ester groups is 1. The van der Waals surface area contributed by atoms with Crippen molar-refractivity contribution in [1.29, 1.82) is 0 Å². The van der Waals surface area contributed by atoms with E-state index in [4.69, 9.17) is 24.3 Å². The molecule has 0 rings (SSSR count). The Labute approximate surface area is 300 Å². The minimum absolute atomic E-state index is 0.0555. The third kappa shape index (κ3) is 36.3. The van der Waals surface area contributed by atoms with Gasteiger partial charge in [-0.05, 0) is 38.5 Å². The van der Waals surface area contributed by atoms with Gasteiger partial charge in [-0.25, -0.2) is 4.57 Å². The maximum absolute atomic E-state index is 12.5. The summed E-state index contributed by atoms with van der Waals surface area (Å²) >= 11 is 0. The average molecular weight is 718 g/mol. The highest BCUT2D eigenvalue weighted by molar-refractivity contribution is 7.47. The number of carbonyl (C=O) groups is 2. The molecule has 290 valence electrons. The molecule has 0 saturated carbocycles. The van der Waals surface area contributed by atoms with Crippen molar-refractivity contribution in [2.75, 3.05) is 26.4 Å². The van der Waals surface area contributed by atoms with Gasteiger partial charge in [-0.1, -0.05) is 154 Å². The number of carbonyl (C=O) groups excluding carboxylic acids is 2. The van der Waals surface area contributed by atoms with Crippen LogP contribution in [0.15, 0.2) is 12.2 Å². The van der Waals surface area contributed by atoms with Crippen LogP contribution in [-0.4, -0.2) is 49.3 Å². The lowest BCUT2D eigenvalue weighted by molar-refractivity contribution is -0.161. The zero-order valence-corrected chi connectivity index (χ0v) is 32.6. The highest BCUT2D eigenvalue weighted by Crippen LogP contribution is 2.43. The summed E-state index contributed by atoms with van der Waals surface area (Å²) in [6.07, 6.45) is 35.2. The summed E-state index contributed by atoms with van der Waals surface area (Å²) in [5.41, 5.74) is 5.33. The standard InChI is InChI=1S/C39H76NO8P/c1-3-5-7-9-11-13-15-17-18-20-21-23-25-27-29-31-38(41)45-35-37(36-47-49(43,44)46-34-33-40)48-39(42)32-30-28-26-24-22-19-16-14-12-10-8-6-4-2/h13,15,37H,3-12,14,16-36,40H2,1-2H3,(H,43,44)/t37-/m1/s1. The van der Waals surface area contributed by atoms with Gasteiger partial charge in [0.1, 0.15) is 6.61 Å². The predicted molar refractivity (Wildman–Crippen MR) is 201 cm³/mol. The molecule has 0 saturated heterocycles. The largest absolute Gasteiger partial charge is 0.472 e. The van der Waals surface area contributed by atoms with E-state index in [1.165, 1.54) is 116 Å². The van der Waals surface area contributed by atoms with E-state index < -0.39 is 26.5 Å². The van der Waals surface area contributed by atoms with Gasteiger partial charge in [0.2, 0.25) is 0 Å². The van der Waals surface area contributed by atoms with Crippen molar-refractivity contribution in [3.8, 4) is 0 Å². The van der Waals surface area contributed by atoms with E-state index in [1.807, 2.05) is 0 Å². The van der Waals surface area contributed by atoms with Crippen LogP contribution in [0.25, 0.3) is 0 Å². The van der Waals surface area contributed by atoms with Crippen molar-refractivity contribution < 1.29 is 37.6 Å². The fourth-order valence-electron chi connectivity index (χ4n) is 5.63. The molecule has 0 spiro atoms. The monoisotopic (exact) mass is 718 g/mol. The molecule has 49 heavy (non-hydrogen) atoms. The number of rotatable bonds is 38. The molecule has 1 unspecified atom stereocenters. The molecule has 3 N–H and O–H groups in total. The van der Waals surface area contributed by atoms with Gasteiger partial charge in [0.05, 0.1) is 13.2 Å². The Hall–Kier alpha value is -1.25. The normalized spacial score (nSPS) is 13.5. The smallest absolute Gasteiger partial charge is 0.462 e. The minimum Gasteiger partial charge on any atom is -0.462 e. The summed E-state index contributed by atoms with van der Waals surface area (Å²) in [5, 5.41) is 0. The first-order chi connectivity index (χ1) is 23.8. The van der Waals surface area contributed by atoms with Gasteiger partial charge < -0.3 is 20.1 Å². The van der Waals surface area contributed by atoms with E-state index in [1.54, 1.807) is 0 Å². The lowest BCUT2D eigenvalue weighted by atomic mass is 10.0. The third-order valence-electron chi connectivity index (χ3n) is 8.65. The molecular weight excluding hydrogens is 641 g/mol. The van der Waals surface area contributed by atoms with Crippen molar-refractivity contribution in [2.45, 2.75) is 200 Å². The highest BCUT2D eigenvalue weighted by atomic mass is 31.2. The quantitative estimate of drug-likeness (QED) is 0.0277. The van der Waals surface area contributed by atoms with Crippen LogP contribution in [0, 0.1) is 0 Å². The molecule has 0 heterocycles. The van der Waals surface area contributed by atoms with E-state index in [2.05, 4.69) is 26.0 Å². The Kier molecular flexibility index (Phi) is 35.6. The molecular formula is C39H76NO8P. The van der Waals surface area contributed by atoms with Crippen LogP contribution < -0.4 is 5.73 Å². The van der Waals surface area contributed by atoms with Crippen molar-refractivity contribution in [3.05, 3.63) is 12.2 Å². The minimum atomic E-state index is -4.37. The number of phosphoric acid groups is 1. The second-order valence-corrected chi connectivity index (χ2v) is 15.0. The topological polar surface area (TPSA) is 134 Å². The lowest BCUT2D eigenvalue weighted by Crippen LogP contribution is -2.29. The van der Waals surface area contributed by atoms with E-state index in [0.717, 1.165) is 44.9 Å². The van der Waals surface area contributed by atoms with E-state index in [9.17, 15) is 19.0 Å². The van der Waals surface area contributed by atoms with E-state index in [0.29, 0.717) is 6.42 Å². The van der Waals surface area contributed by atoms with Crippen LogP contribution in [-0.2, 0) is 32.7 Å². The number of hydrogen-bond donors (Lipinski definition) is 2. The summed E-state index contributed by atoms with van der Waals surface area (Å²) in [7, 11) is -4.37. The SMILES string of the molecule is CCCCCCC=CCCCCCCCCCC(=O)OC[C@H](COP(=O)(O)OCCN)OC(=O)CCCCCCCCCCCCCCC. The van der Waals surface area contributed by atoms with Gasteiger partial charge in [0.25, 0.3) is 0 Å². The Morgan fingerprint density at radius 2 is 1.00 bits per heavy atom. The summed E-state index contributed by atoms with van der Waals surface area (Å²) in [6.45, 7) is 3.72. The van der Waals surface area contributed by atoms with Crippen LogP contribution in [0.2, 0.25) is 0 Å². The Morgan fingerprint density at radius 3 is 1.47 bits per heavy atom. The molecule has 2 atom stereocenters. The molecule has 0 aromatic heterocycles. The van der Waals surface area contributed by atoms with Gasteiger partial charge in [-0.2, -0.15) is 0 Å². The first-order valence-electron chi connectivity index (χ1n) is 20.2.